The Bertz CT molecular complexity index is 560. The Morgan fingerprint density at radius 3 is 3.05 bits per heavy atom. The average molecular weight is 274 g/mol. The second-order valence-electron chi connectivity index (χ2n) is 5.69. The molecule has 1 aliphatic heterocycles. The molecule has 0 N–H and O–H groups in total. The summed E-state index contributed by atoms with van der Waals surface area (Å²) >= 11 is 0. The molecule has 0 saturated carbocycles. The van der Waals surface area contributed by atoms with E-state index in [1.165, 1.54) is 18.4 Å². The van der Waals surface area contributed by atoms with Gasteiger partial charge in [-0.1, -0.05) is 5.16 Å². The Hall–Kier alpha value is -1.62. The van der Waals surface area contributed by atoms with Gasteiger partial charge in [0.1, 0.15) is 0 Å². The fraction of sp³-hybridized carbons (Fsp3) is 0.600. The highest BCUT2D eigenvalue weighted by molar-refractivity contribution is 5.09. The van der Waals surface area contributed by atoms with Crippen LogP contribution in [0.2, 0.25) is 0 Å². The molecule has 0 radical (unpaired) electrons. The van der Waals surface area contributed by atoms with Crippen LogP contribution in [0.15, 0.2) is 23.0 Å². The first kappa shape index (κ1) is 13.4. The van der Waals surface area contributed by atoms with Crippen LogP contribution in [-0.4, -0.2) is 32.9 Å². The first-order chi connectivity index (χ1) is 9.72. The van der Waals surface area contributed by atoms with Gasteiger partial charge in [0.15, 0.2) is 5.76 Å². The van der Waals surface area contributed by atoms with Crippen LogP contribution >= 0.6 is 0 Å². The standard InChI is InChI=1S/C15H22N4O/c1-12-9-15(20-17-12)14-6-4-8-19(14)7-3-5-13-10-16-18(2)11-13/h9-11,14H,3-8H2,1-2H3. The van der Waals surface area contributed by atoms with Crippen LogP contribution in [0, 0.1) is 6.92 Å². The molecule has 5 heteroatoms. The number of aryl methyl sites for hydroxylation is 3. The van der Waals surface area contributed by atoms with E-state index in [1.807, 2.05) is 24.9 Å². The molecule has 2 aromatic rings. The molecular weight excluding hydrogens is 252 g/mol. The van der Waals surface area contributed by atoms with E-state index in [0.29, 0.717) is 6.04 Å². The van der Waals surface area contributed by atoms with Crippen LogP contribution in [0.5, 0.6) is 0 Å². The number of nitrogens with zero attached hydrogens (tertiary/aromatic N) is 4. The van der Waals surface area contributed by atoms with Crippen molar-refractivity contribution in [1.82, 2.24) is 19.8 Å². The average Bonchev–Trinajstić information content (AvgIpc) is 3.11. The van der Waals surface area contributed by atoms with Crippen molar-refractivity contribution < 1.29 is 4.52 Å². The van der Waals surface area contributed by atoms with Gasteiger partial charge >= 0.3 is 0 Å². The van der Waals surface area contributed by atoms with Crippen LogP contribution in [-0.2, 0) is 13.5 Å². The molecule has 3 heterocycles. The largest absolute Gasteiger partial charge is 0.359 e. The maximum absolute atomic E-state index is 5.44. The SMILES string of the molecule is Cc1cc(C2CCCN2CCCc2cnn(C)c2)on1. The summed E-state index contributed by atoms with van der Waals surface area (Å²) in [6.07, 6.45) is 8.74. The van der Waals surface area contributed by atoms with Crippen molar-refractivity contribution in [3.8, 4) is 0 Å². The van der Waals surface area contributed by atoms with Crippen molar-refractivity contribution in [3.63, 3.8) is 0 Å². The van der Waals surface area contributed by atoms with Crippen molar-refractivity contribution in [2.75, 3.05) is 13.1 Å². The van der Waals surface area contributed by atoms with Crippen LogP contribution in [0.1, 0.15) is 42.3 Å². The molecule has 5 nitrogen and oxygen atoms in total. The van der Waals surface area contributed by atoms with Gasteiger partial charge in [-0.25, -0.2) is 0 Å². The van der Waals surface area contributed by atoms with E-state index in [-0.39, 0.29) is 0 Å². The van der Waals surface area contributed by atoms with Crippen LogP contribution in [0.3, 0.4) is 0 Å². The van der Waals surface area contributed by atoms with Gasteiger partial charge < -0.3 is 4.52 Å². The van der Waals surface area contributed by atoms with E-state index in [2.05, 4.69) is 27.4 Å². The lowest BCUT2D eigenvalue weighted by atomic mass is 10.1. The maximum atomic E-state index is 5.44. The van der Waals surface area contributed by atoms with Gasteiger partial charge in [0.05, 0.1) is 17.9 Å². The summed E-state index contributed by atoms with van der Waals surface area (Å²) in [5, 5.41) is 8.23. The van der Waals surface area contributed by atoms with Crippen molar-refractivity contribution in [1.29, 1.82) is 0 Å². The van der Waals surface area contributed by atoms with Crippen molar-refractivity contribution >= 4 is 0 Å². The summed E-state index contributed by atoms with van der Waals surface area (Å²) in [6.45, 7) is 4.26. The lowest BCUT2D eigenvalue weighted by molar-refractivity contribution is 0.212. The molecule has 0 aliphatic carbocycles. The molecule has 0 amide bonds. The minimum Gasteiger partial charge on any atom is -0.359 e. The monoisotopic (exact) mass is 274 g/mol. The van der Waals surface area contributed by atoms with Gasteiger partial charge in [0.25, 0.3) is 0 Å². The predicted molar refractivity (Wildman–Crippen MR) is 76.3 cm³/mol. The molecule has 1 saturated heterocycles. The fourth-order valence-corrected chi connectivity index (χ4v) is 3.04. The number of hydrogen-bond acceptors (Lipinski definition) is 4. The third kappa shape index (κ3) is 2.93. The van der Waals surface area contributed by atoms with E-state index in [9.17, 15) is 0 Å². The lowest BCUT2D eigenvalue weighted by Gasteiger charge is -2.21. The second-order valence-corrected chi connectivity index (χ2v) is 5.69. The zero-order valence-corrected chi connectivity index (χ0v) is 12.2. The second kappa shape index (κ2) is 5.79. The van der Waals surface area contributed by atoms with Crippen LogP contribution < -0.4 is 0 Å². The Labute approximate surface area is 119 Å². The molecule has 1 atom stereocenters. The van der Waals surface area contributed by atoms with Gasteiger partial charge in [-0.05, 0) is 51.3 Å². The Morgan fingerprint density at radius 1 is 1.45 bits per heavy atom. The summed E-state index contributed by atoms with van der Waals surface area (Å²) in [6, 6.07) is 2.49. The first-order valence-corrected chi connectivity index (χ1v) is 7.37. The molecule has 1 aliphatic rings. The molecular formula is C15H22N4O. The Kier molecular flexibility index (Phi) is 3.87. The van der Waals surface area contributed by atoms with Crippen molar-refractivity contribution in [2.24, 2.45) is 7.05 Å². The van der Waals surface area contributed by atoms with Gasteiger partial charge in [-0.15, -0.1) is 0 Å². The first-order valence-electron chi connectivity index (χ1n) is 7.37. The van der Waals surface area contributed by atoms with Crippen molar-refractivity contribution in [2.45, 2.75) is 38.6 Å². The van der Waals surface area contributed by atoms with E-state index < -0.39 is 0 Å². The molecule has 0 bridgehead atoms. The minimum absolute atomic E-state index is 0.421. The minimum atomic E-state index is 0.421. The highest BCUT2D eigenvalue weighted by Gasteiger charge is 2.28. The number of hydrogen-bond donors (Lipinski definition) is 0. The summed E-state index contributed by atoms with van der Waals surface area (Å²) in [5.74, 6) is 1.03. The molecule has 108 valence electrons. The van der Waals surface area contributed by atoms with Gasteiger partial charge in [0, 0.05) is 19.3 Å². The highest BCUT2D eigenvalue weighted by Crippen LogP contribution is 2.32. The van der Waals surface area contributed by atoms with E-state index in [0.717, 1.165) is 37.4 Å². The van der Waals surface area contributed by atoms with Gasteiger partial charge in [-0.3, -0.25) is 9.58 Å². The topological polar surface area (TPSA) is 47.1 Å². The summed E-state index contributed by atoms with van der Waals surface area (Å²) in [5.41, 5.74) is 2.29. The summed E-state index contributed by atoms with van der Waals surface area (Å²) in [4.78, 5) is 2.52. The summed E-state index contributed by atoms with van der Waals surface area (Å²) in [7, 11) is 1.96. The molecule has 1 unspecified atom stereocenters. The fourth-order valence-electron chi connectivity index (χ4n) is 3.04. The Balaban J connectivity index is 1.54. The predicted octanol–water partition coefficient (Wildman–Crippen LogP) is 2.49. The third-order valence-corrected chi connectivity index (χ3v) is 4.01. The number of rotatable bonds is 5. The zero-order chi connectivity index (χ0) is 13.9. The van der Waals surface area contributed by atoms with E-state index in [4.69, 9.17) is 4.52 Å². The quantitative estimate of drug-likeness (QED) is 0.840. The normalized spacial score (nSPS) is 19.8. The Morgan fingerprint density at radius 2 is 2.35 bits per heavy atom. The van der Waals surface area contributed by atoms with E-state index >= 15 is 0 Å². The van der Waals surface area contributed by atoms with Gasteiger partial charge in [0.2, 0.25) is 0 Å². The maximum Gasteiger partial charge on any atom is 0.154 e. The van der Waals surface area contributed by atoms with Crippen LogP contribution in [0.25, 0.3) is 0 Å². The van der Waals surface area contributed by atoms with Crippen LogP contribution in [0.4, 0.5) is 0 Å². The zero-order valence-electron chi connectivity index (χ0n) is 12.2. The molecule has 0 aromatic carbocycles. The number of likely N-dealkylation sites (tertiary alicyclic amines) is 1. The van der Waals surface area contributed by atoms with Crippen molar-refractivity contribution in [3.05, 3.63) is 35.5 Å². The molecule has 3 rings (SSSR count). The molecule has 0 spiro atoms. The molecule has 20 heavy (non-hydrogen) atoms. The third-order valence-electron chi connectivity index (χ3n) is 4.01. The highest BCUT2D eigenvalue weighted by atomic mass is 16.5. The molecule has 1 fully saturated rings. The summed E-state index contributed by atoms with van der Waals surface area (Å²) < 4.78 is 7.31. The smallest absolute Gasteiger partial charge is 0.154 e. The molecule has 2 aromatic heterocycles. The lowest BCUT2D eigenvalue weighted by Crippen LogP contribution is -2.24. The number of aromatic nitrogens is 3. The van der Waals surface area contributed by atoms with E-state index in [1.54, 1.807) is 0 Å². The van der Waals surface area contributed by atoms with Gasteiger partial charge in [-0.2, -0.15) is 5.10 Å².